The molecule has 8 nitrogen and oxygen atoms in total. The fraction of sp³-hybridized carbons (Fsp3) is 0.600. The Kier molecular flexibility index (Phi) is 6.37. The van der Waals surface area contributed by atoms with Crippen LogP contribution in [0.3, 0.4) is 0 Å². The smallest absolute Gasteiger partial charge is 0.316 e. The number of carbonyl (C=O) groups is 1. The van der Waals surface area contributed by atoms with Crippen LogP contribution in [-0.4, -0.2) is 38.0 Å². The van der Waals surface area contributed by atoms with Gasteiger partial charge in [-0.1, -0.05) is 13.8 Å². The van der Waals surface area contributed by atoms with Gasteiger partial charge in [0.2, 0.25) is 0 Å². The normalized spacial score (nSPS) is 24.1. The quantitative estimate of drug-likeness (QED) is 0.672. The Morgan fingerprint density at radius 3 is 2.63 bits per heavy atom. The van der Waals surface area contributed by atoms with Crippen LogP contribution in [0.5, 0.6) is 0 Å². The van der Waals surface area contributed by atoms with Crippen LogP contribution in [0.15, 0.2) is 39.8 Å². The van der Waals surface area contributed by atoms with Crippen LogP contribution >= 0.6 is 0 Å². The summed E-state index contributed by atoms with van der Waals surface area (Å²) < 4.78 is 24.1. The van der Waals surface area contributed by atoms with Crippen molar-refractivity contribution in [3.05, 3.63) is 34.8 Å². The minimum atomic E-state index is -1.62. The number of primary amides is 1. The van der Waals surface area contributed by atoms with Crippen LogP contribution in [0.2, 0.25) is 0 Å². The zero-order valence-electron chi connectivity index (χ0n) is 17.9. The molecule has 2 aliphatic carbocycles. The summed E-state index contributed by atoms with van der Waals surface area (Å²) >= 11 is 0. The first-order valence-corrected chi connectivity index (χ1v) is 11.3. The van der Waals surface area contributed by atoms with Gasteiger partial charge in [-0.05, 0) is 61.7 Å². The zero-order chi connectivity index (χ0) is 22.2. The molecular weight excluding hydrogens is 407 g/mol. The van der Waals surface area contributed by atoms with Gasteiger partial charge in [0.25, 0.3) is 0 Å². The molecule has 1 aromatic heterocycles. The molecule has 0 saturated heterocycles. The van der Waals surface area contributed by atoms with E-state index in [-0.39, 0.29) is 10.4 Å². The number of nitrogens with zero attached hydrogens (tertiary/aromatic N) is 3. The number of halogens is 1. The highest BCUT2D eigenvalue weighted by molar-refractivity contribution is 7.82. The second-order valence-corrected chi connectivity index (χ2v) is 9.69. The van der Waals surface area contributed by atoms with Gasteiger partial charge in [-0.2, -0.15) is 5.10 Å². The van der Waals surface area contributed by atoms with E-state index in [1.54, 1.807) is 0 Å². The van der Waals surface area contributed by atoms with Crippen LogP contribution in [0.4, 0.5) is 9.18 Å². The molecule has 166 valence electrons. The minimum absolute atomic E-state index is 0.189. The third kappa shape index (κ3) is 4.29. The number of fused-ring (bicyclic) bond motifs is 1. The van der Waals surface area contributed by atoms with Gasteiger partial charge >= 0.3 is 6.03 Å². The summed E-state index contributed by atoms with van der Waals surface area (Å²) in [6.45, 7) is 5.98. The van der Waals surface area contributed by atoms with E-state index in [4.69, 9.17) is 10.9 Å². The highest BCUT2D eigenvalue weighted by Crippen LogP contribution is 2.51. The summed E-state index contributed by atoms with van der Waals surface area (Å²) in [4.78, 5) is 13.8. The van der Waals surface area contributed by atoms with Crippen molar-refractivity contribution in [3.63, 3.8) is 0 Å². The maximum atomic E-state index is 12.5. The number of aromatic nitrogens is 2. The van der Waals surface area contributed by atoms with Gasteiger partial charge in [-0.3, -0.25) is 0 Å². The van der Waals surface area contributed by atoms with Crippen LogP contribution < -0.4 is 16.2 Å². The van der Waals surface area contributed by atoms with E-state index >= 15 is 0 Å². The molecule has 4 rings (SSSR count). The van der Waals surface area contributed by atoms with Gasteiger partial charge in [-0.25, -0.2) is 23.2 Å². The number of hydrogen-bond donors (Lipinski definition) is 3. The summed E-state index contributed by atoms with van der Waals surface area (Å²) in [6, 6.07) is 1.40. The standard InChI is InChI=1S/C15H23N3O.C5H8FN3OS/c1-15(2)8-7-10-12(17-14(16)19)9-5-4-6-11(9)18(3)13(10)15;1-4(6)9-3-2-5(8-9)11(7)10/h13H,4-8H2,1-3H3,(H3,16,17,19);2-4H,7H2,1H3. The van der Waals surface area contributed by atoms with E-state index in [0.717, 1.165) is 29.6 Å². The number of amides is 2. The van der Waals surface area contributed by atoms with Crippen molar-refractivity contribution in [2.45, 2.75) is 70.2 Å². The molecule has 0 bridgehead atoms. The Labute approximate surface area is 179 Å². The summed E-state index contributed by atoms with van der Waals surface area (Å²) in [6.07, 6.45) is 5.77. The largest absolute Gasteiger partial charge is 0.370 e. The molecule has 3 aliphatic rings. The maximum Gasteiger partial charge on any atom is 0.316 e. The molecule has 2 amide bonds. The number of hydrogen-bond acceptors (Lipinski definition) is 4. The average molecular weight is 439 g/mol. The summed E-state index contributed by atoms with van der Waals surface area (Å²) in [5.74, 6) is 0. The van der Waals surface area contributed by atoms with Gasteiger partial charge in [0, 0.05) is 24.6 Å². The van der Waals surface area contributed by atoms with E-state index in [0.29, 0.717) is 6.04 Å². The first-order chi connectivity index (χ1) is 14.0. The molecule has 0 spiro atoms. The monoisotopic (exact) mass is 438 g/mol. The van der Waals surface area contributed by atoms with Gasteiger partial charge in [0.1, 0.15) is 11.0 Å². The molecule has 3 atom stereocenters. The van der Waals surface area contributed by atoms with Gasteiger partial charge in [-0.15, -0.1) is 0 Å². The van der Waals surface area contributed by atoms with Crippen LogP contribution in [0, 0.1) is 5.41 Å². The fourth-order valence-corrected chi connectivity index (χ4v) is 5.23. The van der Waals surface area contributed by atoms with Crippen LogP contribution in [-0.2, 0) is 11.0 Å². The van der Waals surface area contributed by atoms with Crippen molar-refractivity contribution in [1.29, 1.82) is 0 Å². The first kappa shape index (κ1) is 22.5. The number of rotatable bonds is 3. The summed E-state index contributed by atoms with van der Waals surface area (Å²) in [5, 5.41) is 11.7. The molecule has 30 heavy (non-hydrogen) atoms. The zero-order valence-corrected chi connectivity index (χ0v) is 18.8. The molecule has 0 aromatic carbocycles. The van der Waals surface area contributed by atoms with Crippen molar-refractivity contribution in [3.8, 4) is 0 Å². The van der Waals surface area contributed by atoms with Gasteiger partial charge in [0.15, 0.2) is 11.3 Å². The minimum Gasteiger partial charge on any atom is -0.370 e. The number of alkyl halides is 1. The molecular formula is C20H31FN6O2S. The molecule has 1 saturated carbocycles. The van der Waals surface area contributed by atoms with Crippen molar-refractivity contribution in [1.82, 2.24) is 20.0 Å². The van der Waals surface area contributed by atoms with Crippen molar-refractivity contribution < 1.29 is 13.4 Å². The fourth-order valence-electron chi connectivity index (χ4n) is 4.86. The second kappa shape index (κ2) is 8.50. The molecule has 2 heterocycles. The predicted molar refractivity (Wildman–Crippen MR) is 114 cm³/mol. The Balaban J connectivity index is 0.000000199. The third-order valence-corrected chi connectivity index (χ3v) is 6.77. The SMILES string of the molecule is CC(F)n1ccc(S(N)=O)n1.CN1C2=C(CCC2)C(NC(N)=O)=C2CCC(C)(C)C21. The maximum absolute atomic E-state index is 12.5. The predicted octanol–water partition coefficient (Wildman–Crippen LogP) is 2.83. The molecule has 1 fully saturated rings. The average Bonchev–Trinajstić information content (AvgIpc) is 3.37. The molecule has 3 unspecified atom stereocenters. The third-order valence-electron chi connectivity index (χ3n) is 6.14. The van der Waals surface area contributed by atoms with Crippen LogP contribution in [0.1, 0.15) is 59.2 Å². The molecule has 1 aromatic rings. The highest BCUT2D eigenvalue weighted by Gasteiger charge is 2.46. The Morgan fingerprint density at radius 2 is 2.10 bits per heavy atom. The number of nitrogens with one attached hydrogen (secondary N) is 1. The van der Waals surface area contributed by atoms with Gasteiger partial charge in [0.05, 0.1) is 6.04 Å². The molecule has 10 heteroatoms. The van der Waals surface area contributed by atoms with E-state index < -0.39 is 23.3 Å². The number of nitrogens with two attached hydrogens (primary N) is 2. The van der Waals surface area contributed by atoms with Crippen molar-refractivity contribution in [2.24, 2.45) is 16.3 Å². The lowest BCUT2D eigenvalue weighted by Crippen LogP contribution is -2.44. The second-order valence-electron chi connectivity index (χ2n) is 8.68. The summed E-state index contributed by atoms with van der Waals surface area (Å²) in [7, 11) is 0.585. The lowest BCUT2D eigenvalue weighted by atomic mass is 9.82. The van der Waals surface area contributed by atoms with E-state index in [1.165, 1.54) is 48.9 Å². The van der Waals surface area contributed by atoms with Gasteiger partial charge < -0.3 is 16.0 Å². The number of likely N-dealkylation sites (N-methyl/N-ethyl adjacent to an activating group) is 1. The number of allylic oxidation sites excluding steroid dienone is 2. The van der Waals surface area contributed by atoms with E-state index in [2.05, 4.69) is 36.2 Å². The topological polar surface area (TPSA) is 119 Å². The van der Waals surface area contributed by atoms with E-state index in [9.17, 15) is 13.4 Å². The Bertz CT molecular complexity index is 920. The Hall–Kier alpha value is -2.20. The number of urea groups is 1. The van der Waals surface area contributed by atoms with E-state index in [1.807, 2.05) is 0 Å². The first-order valence-electron chi connectivity index (χ1n) is 10.1. The molecule has 1 aliphatic heterocycles. The van der Waals surface area contributed by atoms with Crippen molar-refractivity contribution >= 4 is 17.0 Å². The molecule has 0 radical (unpaired) electrons. The Morgan fingerprint density at radius 1 is 1.40 bits per heavy atom. The van der Waals surface area contributed by atoms with Crippen molar-refractivity contribution in [2.75, 3.05) is 7.05 Å². The number of carbonyl (C=O) groups excluding carboxylic acids is 1. The molecule has 5 N–H and O–H groups in total. The summed E-state index contributed by atoms with van der Waals surface area (Å²) in [5.41, 5.74) is 10.8. The highest BCUT2D eigenvalue weighted by atomic mass is 32.2. The van der Waals surface area contributed by atoms with Crippen LogP contribution in [0.25, 0.3) is 0 Å². The lowest BCUT2D eigenvalue weighted by molar-refractivity contribution is 0.189. The lowest BCUT2D eigenvalue weighted by Gasteiger charge is -2.42.